The molecule has 17 heteroatoms. The number of piperidine rings is 1. The van der Waals surface area contributed by atoms with Gasteiger partial charge >= 0.3 is 0 Å². The van der Waals surface area contributed by atoms with Gasteiger partial charge in [-0.2, -0.15) is 160 Å². The Kier molecular flexibility index (Phi) is 698. The van der Waals surface area contributed by atoms with Crippen LogP contribution in [0.1, 0.15) is 382 Å². The fraction of sp³-hybridized carbons (Fsp3) is 0.602. The molecule has 13 radical (unpaired) electrons. The molecule has 0 N–H and O–H groups in total. The van der Waals surface area contributed by atoms with E-state index in [2.05, 4.69) is 210 Å². The van der Waals surface area contributed by atoms with Crippen molar-refractivity contribution in [3.05, 3.63) is 265 Å². The van der Waals surface area contributed by atoms with Crippen molar-refractivity contribution in [3.8, 4) is 0 Å². The van der Waals surface area contributed by atoms with Crippen molar-refractivity contribution in [1.29, 1.82) is 0 Å². The van der Waals surface area contributed by atoms with E-state index in [0.29, 0.717) is 13.1 Å². The number of hydrogen-bond acceptors (Lipinski definition) is 4. The molecule has 0 aromatic heterocycles. The molecule has 3 aromatic rings. The molecule has 0 atom stereocenters. The first-order valence-corrected chi connectivity index (χ1v) is 44.9. The van der Waals surface area contributed by atoms with E-state index in [4.69, 9.17) is 13.3 Å². The van der Waals surface area contributed by atoms with Crippen LogP contribution in [-0.2, 0) is 444 Å². The third-order valence-corrected chi connectivity index (χ3v) is 10.3. The summed E-state index contributed by atoms with van der Waals surface area (Å²) in [7, 11) is 4.41. The summed E-state index contributed by atoms with van der Waals surface area (Å²) in [6.07, 6.45) is 35.5. The van der Waals surface area contributed by atoms with Crippen LogP contribution in [0.15, 0.2) is 88.9 Å². The van der Waals surface area contributed by atoms with Gasteiger partial charge in [-0.3, -0.25) is 6.08 Å². The van der Waals surface area contributed by atoms with Crippen LogP contribution in [0.5, 0.6) is 0 Å². The fourth-order valence-corrected chi connectivity index (χ4v) is 5.36. The van der Waals surface area contributed by atoms with Gasteiger partial charge < -0.3 is 185 Å². The predicted molar refractivity (Wildman–Crippen MR) is 547 cm³/mol. The van der Waals surface area contributed by atoms with Crippen LogP contribution in [0, 0.1) is 164 Å². The van der Waals surface area contributed by atoms with Crippen molar-refractivity contribution in [3.63, 3.8) is 0 Å². The minimum Gasteiger partial charge on any atom is -0.536 e. The molecule has 0 unspecified atom stereocenters. The summed E-state index contributed by atoms with van der Waals surface area (Å²) in [4.78, 5) is 11.2. The molecule has 0 spiro atoms. The van der Waals surface area contributed by atoms with Gasteiger partial charge in [0.15, 0.2) is 0 Å². The molecular weight excluding hydrogens is 2510 g/mol. The molecule has 4 nitrogen and oxygen atoms in total. The van der Waals surface area contributed by atoms with E-state index in [1.807, 2.05) is 241 Å². The summed E-state index contributed by atoms with van der Waals surface area (Å²) in [5.41, 5.74) is 4.75. The first kappa shape index (κ1) is 248. The zero-order chi connectivity index (χ0) is 93.6. The number of rotatable bonds is 19. The Bertz CT molecular complexity index is 1460. The van der Waals surface area contributed by atoms with Crippen molar-refractivity contribution >= 4 is 13.4 Å². The average molecular weight is 2730 g/mol. The minimum atomic E-state index is 0. The van der Waals surface area contributed by atoms with E-state index in [1.165, 1.54) is 113 Å². The number of hydrogen-bond donors (Lipinski definition) is 0. The third-order valence-electron chi connectivity index (χ3n) is 10.3. The van der Waals surface area contributed by atoms with Crippen molar-refractivity contribution < 1.29 is 425 Å². The number of aryl methyl sites for hydroxylation is 1. The molecule has 0 amide bonds. The van der Waals surface area contributed by atoms with Crippen LogP contribution in [0.3, 0.4) is 0 Å². The maximum Gasteiger partial charge on any atom is 0 e. The molecular formula is C108H216N4Y13-26. The van der Waals surface area contributed by atoms with E-state index < -0.39 is 0 Å². The summed E-state index contributed by atoms with van der Waals surface area (Å²) in [5.74, 6) is 0. The Morgan fingerprint density at radius 1 is 0.304 bits per heavy atom. The average Bonchev–Trinajstić information content (AvgIpc) is 1.50. The number of benzene rings is 3. The molecule has 2 aliphatic rings. The fourth-order valence-electron chi connectivity index (χ4n) is 5.36. The van der Waals surface area contributed by atoms with Crippen LogP contribution < -0.4 is 0 Å². The Balaban J connectivity index is -0.0000000196. The van der Waals surface area contributed by atoms with Crippen molar-refractivity contribution in [2.75, 3.05) is 53.4 Å². The maximum atomic E-state index is 4.97. The second-order valence-electron chi connectivity index (χ2n) is 18.8. The Hall–Kier alpha value is 10.9. The van der Waals surface area contributed by atoms with Gasteiger partial charge in [0.2, 0.25) is 0 Å². The van der Waals surface area contributed by atoms with Crippen LogP contribution in [0.4, 0.5) is 0 Å². The molecule has 733 valence electrons. The van der Waals surface area contributed by atoms with Gasteiger partial charge in [0.25, 0.3) is 0 Å². The van der Waals surface area contributed by atoms with E-state index in [1.54, 1.807) is 6.08 Å². The zero-order valence-electron chi connectivity index (χ0n) is 90.5. The number of allylic oxidation sites excluding steroid dienone is 1. The van der Waals surface area contributed by atoms with Gasteiger partial charge in [-0.1, -0.05) is 231 Å². The van der Waals surface area contributed by atoms with Gasteiger partial charge in [-0.25, -0.2) is 44.9 Å². The van der Waals surface area contributed by atoms with E-state index in [9.17, 15) is 0 Å². The number of aliphatic imine (C=N–C) groups is 2. The van der Waals surface area contributed by atoms with Gasteiger partial charge in [0, 0.05) is 425 Å². The Morgan fingerprint density at radius 3 is 0.672 bits per heavy atom. The molecule has 2 aliphatic heterocycles. The Morgan fingerprint density at radius 2 is 0.544 bits per heavy atom. The van der Waals surface area contributed by atoms with E-state index in [0.717, 1.165) is 134 Å². The summed E-state index contributed by atoms with van der Waals surface area (Å²) < 4.78 is 0. The summed E-state index contributed by atoms with van der Waals surface area (Å²) in [6.45, 7) is 148. The van der Waals surface area contributed by atoms with Gasteiger partial charge in [0.1, 0.15) is 0 Å². The standard InChI is InChI=1S/2C9H10.C8H8.C7H15N.C6H13N.C6H12.2C5H10.C5H8.C4H7N.3C4H8.C3H5N.C3H6.13C2H6.13Y/c1-3-9-7-5-4-6-8(9)2;1-2-6-9-7-4-3-5-8-9;1-2-8-6-4-3-5-7-8;1-8-6-4-2-3-5-7-8;1-7-5-3-2-4-6-7;1-3-5-6-4-2;3*1-3-5-4-2;1-3-4-5-2;4*1-3-4-2;1-3-2;13*1-2;;;;;;;;;;;;;/h4-7H,1-3H2;3-5,7H,1-2,6H2;3-6H,1-2H2;2-7H2,1H3;2-6H2,1H3;1-6H2;2*1-5H2;1,3H,2,4-5H2;2H,1,3-4H2;3*1-4H2;2H,1,3H2;1-3H2;13*1-2H3;;;;;;;;;;;;;/q3*-2;;;10*-2;;;;;;;;;;;;;;;;;;;;;;;;;;. The number of unbranched alkanes of at least 4 members (excludes halogenated alkanes) is 11. The first-order valence-electron chi connectivity index (χ1n) is 44.9. The predicted octanol–water partition coefficient (Wildman–Crippen LogP) is 36.3. The van der Waals surface area contributed by atoms with Crippen molar-refractivity contribution in [2.45, 2.75) is 379 Å². The van der Waals surface area contributed by atoms with Crippen LogP contribution in [0.25, 0.3) is 0 Å². The largest absolute Gasteiger partial charge is 0.536 e. The van der Waals surface area contributed by atoms with E-state index >= 15 is 0 Å². The second-order valence-corrected chi connectivity index (χ2v) is 18.8. The Labute approximate surface area is 1130 Å². The first-order chi connectivity index (χ1) is 54.6. The normalized spacial score (nSPS) is 8.35. The molecule has 3 aromatic carbocycles. The van der Waals surface area contributed by atoms with Gasteiger partial charge in [-0.15, -0.1) is 31.5 Å². The molecule has 0 saturated carbocycles. The molecule has 0 bridgehead atoms. The maximum absolute atomic E-state index is 4.97. The number of nitrogens with zero attached hydrogens (tertiary/aromatic N) is 4. The molecule has 2 saturated heterocycles. The van der Waals surface area contributed by atoms with Crippen molar-refractivity contribution in [2.24, 2.45) is 9.98 Å². The summed E-state index contributed by atoms with van der Waals surface area (Å²) in [5, 5.41) is 0. The van der Waals surface area contributed by atoms with Gasteiger partial charge in [-0.05, 0) is 72.5 Å². The minimum absolute atomic E-state index is 0. The third kappa shape index (κ3) is 403. The second kappa shape index (κ2) is 352. The zero-order valence-corrected chi connectivity index (χ0v) is 127. The SMILES string of the molecule is CC.CC.CC.CC.CC.CC.CC.CC.CC.CC.CC.CC.CC.CN1CCCCC1.CN1CCCCCC1.[CH-]=CCC[CH2-].[CH-]=NCC[CH2-].[CH-]=NC[CH2-].[CH2-]CCCC[CH2-].[CH2-]CCC[CH2-].[CH2-]CCC[CH2-].[CH2-]CC[CH2-].[CH2-]CC[CH2-].[CH2-]CC[CH2-].[CH2-]CCc1[c-]cccc1.[CH2-]C[CH2-].[CH2-]Cc1[c-]cccc1.[CH2-]Cc1ccccc1[CH2-].[Y].[Y].[Y].[Y].[Y].[Y].[Y].[Y].[Y].[Y].[Y].[Y].[Y]. The molecule has 125 heavy (non-hydrogen) atoms. The van der Waals surface area contributed by atoms with Crippen LogP contribution >= 0.6 is 0 Å². The monoisotopic (exact) mass is 2730 g/mol. The van der Waals surface area contributed by atoms with Gasteiger partial charge in [0.05, 0.1) is 0 Å². The summed E-state index contributed by atoms with van der Waals surface area (Å²) in [6, 6.07) is 30.1. The van der Waals surface area contributed by atoms with Crippen molar-refractivity contribution in [1.82, 2.24) is 9.80 Å². The molecule has 0 aliphatic carbocycles. The quantitative estimate of drug-likeness (QED) is 0.0680. The topological polar surface area (TPSA) is 31.2 Å². The molecule has 2 heterocycles. The molecule has 2 fully saturated rings. The van der Waals surface area contributed by atoms with Crippen LogP contribution in [0.2, 0.25) is 0 Å². The number of likely N-dealkylation sites (tertiary alicyclic amines) is 2. The van der Waals surface area contributed by atoms with Crippen LogP contribution in [-0.4, -0.2) is 76.6 Å². The summed E-state index contributed by atoms with van der Waals surface area (Å²) >= 11 is 0. The van der Waals surface area contributed by atoms with E-state index in [-0.39, 0.29) is 425 Å². The smallest absolute Gasteiger partial charge is 0 e. The molecule has 5 rings (SSSR count).